The van der Waals surface area contributed by atoms with Crippen molar-refractivity contribution in [1.29, 1.82) is 0 Å². The van der Waals surface area contributed by atoms with E-state index in [1.165, 1.54) is 6.07 Å². The molecular formula is C16H13BrF3NO. The largest absolute Gasteiger partial charge is 0.481 e. The highest BCUT2D eigenvalue weighted by Crippen LogP contribution is 2.47. The Morgan fingerprint density at radius 2 is 1.82 bits per heavy atom. The fraction of sp³-hybridized carbons (Fsp3) is 0.250. The Hall–Kier alpha value is -1.53. The molecule has 1 aliphatic heterocycles. The minimum Gasteiger partial charge on any atom is -0.481 e. The number of hydrogen-bond acceptors (Lipinski definition) is 2. The maximum absolute atomic E-state index is 13.0. The minimum absolute atomic E-state index is 0.0313. The molecule has 3 rings (SSSR count). The molecule has 0 saturated carbocycles. The molecule has 2 aromatic carbocycles. The van der Waals surface area contributed by atoms with Gasteiger partial charge in [0, 0.05) is 23.0 Å². The van der Waals surface area contributed by atoms with Crippen molar-refractivity contribution in [3.8, 4) is 5.75 Å². The second-order valence-electron chi connectivity index (χ2n) is 5.24. The Morgan fingerprint density at radius 1 is 1.14 bits per heavy atom. The molecular weight excluding hydrogens is 359 g/mol. The fourth-order valence-electron chi connectivity index (χ4n) is 2.75. The van der Waals surface area contributed by atoms with Crippen LogP contribution in [0.2, 0.25) is 0 Å². The van der Waals surface area contributed by atoms with E-state index in [4.69, 9.17) is 10.5 Å². The number of alkyl halides is 3. The summed E-state index contributed by atoms with van der Waals surface area (Å²) in [7, 11) is 0. The second kappa shape index (κ2) is 5.28. The van der Waals surface area contributed by atoms with Crippen LogP contribution in [0.5, 0.6) is 5.75 Å². The highest BCUT2D eigenvalue weighted by atomic mass is 79.9. The molecule has 2 aromatic rings. The Kier molecular flexibility index (Phi) is 3.69. The van der Waals surface area contributed by atoms with Gasteiger partial charge < -0.3 is 10.5 Å². The van der Waals surface area contributed by atoms with Crippen LogP contribution in [-0.4, -0.2) is 6.54 Å². The van der Waals surface area contributed by atoms with Gasteiger partial charge in [-0.15, -0.1) is 0 Å². The average Bonchev–Trinajstić information content (AvgIpc) is 2.88. The lowest BCUT2D eigenvalue weighted by molar-refractivity contribution is -0.138. The Bertz CT molecular complexity index is 703. The molecule has 0 bridgehead atoms. The number of hydrogen-bond donors (Lipinski definition) is 1. The van der Waals surface area contributed by atoms with Gasteiger partial charge in [0.2, 0.25) is 0 Å². The monoisotopic (exact) mass is 371 g/mol. The zero-order valence-electron chi connectivity index (χ0n) is 11.5. The van der Waals surface area contributed by atoms with Gasteiger partial charge in [-0.05, 0) is 33.6 Å². The van der Waals surface area contributed by atoms with Crippen molar-refractivity contribution < 1.29 is 17.9 Å². The van der Waals surface area contributed by atoms with Crippen molar-refractivity contribution in [3.63, 3.8) is 0 Å². The lowest BCUT2D eigenvalue weighted by atomic mass is 9.89. The van der Waals surface area contributed by atoms with Gasteiger partial charge in [0.1, 0.15) is 5.75 Å². The van der Waals surface area contributed by atoms with E-state index >= 15 is 0 Å². The van der Waals surface area contributed by atoms with Gasteiger partial charge in [-0.25, -0.2) is 0 Å². The Balaban J connectivity index is 2.07. The van der Waals surface area contributed by atoms with Crippen molar-refractivity contribution in [2.45, 2.75) is 18.2 Å². The maximum Gasteiger partial charge on any atom is 0.417 e. The fourth-order valence-corrected chi connectivity index (χ4v) is 3.44. The number of fused-ring (bicyclic) bond motifs is 1. The highest BCUT2D eigenvalue weighted by Gasteiger charge is 2.43. The summed E-state index contributed by atoms with van der Waals surface area (Å²) in [6.07, 6.45) is -4.11. The first-order valence-corrected chi connectivity index (χ1v) is 7.50. The summed E-state index contributed by atoms with van der Waals surface area (Å²) in [5, 5.41) is 0. The van der Waals surface area contributed by atoms with Crippen LogP contribution in [0.15, 0.2) is 46.9 Å². The van der Waals surface area contributed by atoms with Crippen LogP contribution >= 0.6 is 15.9 Å². The third-order valence-corrected chi connectivity index (χ3v) is 4.81. The van der Waals surface area contributed by atoms with Gasteiger partial charge >= 0.3 is 6.18 Å². The average molecular weight is 372 g/mol. The Morgan fingerprint density at radius 3 is 2.41 bits per heavy atom. The van der Waals surface area contributed by atoms with Crippen LogP contribution in [0.4, 0.5) is 13.2 Å². The van der Waals surface area contributed by atoms with Crippen molar-refractivity contribution in [3.05, 3.63) is 63.6 Å². The van der Waals surface area contributed by atoms with E-state index in [1.54, 1.807) is 0 Å². The molecule has 1 heterocycles. The maximum atomic E-state index is 13.0. The van der Waals surface area contributed by atoms with Crippen LogP contribution in [0, 0.1) is 0 Å². The zero-order chi connectivity index (χ0) is 16.0. The van der Waals surface area contributed by atoms with Crippen molar-refractivity contribution in [2.75, 3.05) is 6.54 Å². The molecule has 0 unspecified atom stereocenters. The predicted octanol–water partition coefficient (Wildman–Crippen LogP) is 4.26. The number of benzene rings is 2. The van der Waals surface area contributed by atoms with Gasteiger partial charge in [0.25, 0.3) is 0 Å². The zero-order valence-corrected chi connectivity index (χ0v) is 13.0. The van der Waals surface area contributed by atoms with E-state index in [2.05, 4.69) is 15.9 Å². The van der Waals surface area contributed by atoms with Crippen LogP contribution in [-0.2, 0) is 18.2 Å². The Labute approximate surface area is 134 Å². The number of rotatable bonds is 2. The topological polar surface area (TPSA) is 35.2 Å². The summed E-state index contributed by atoms with van der Waals surface area (Å²) in [6.45, 7) is 0.180. The van der Waals surface area contributed by atoms with E-state index in [0.717, 1.165) is 11.6 Å². The van der Waals surface area contributed by atoms with Gasteiger partial charge in [-0.2, -0.15) is 13.2 Å². The van der Waals surface area contributed by atoms with Gasteiger partial charge in [0.15, 0.2) is 5.60 Å². The quantitative estimate of drug-likeness (QED) is 0.855. The molecule has 1 aliphatic rings. The van der Waals surface area contributed by atoms with Crippen LogP contribution in [0.1, 0.15) is 16.7 Å². The first-order valence-electron chi connectivity index (χ1n) is 6.70. The molecule has 2 nitrogen and oxygen atoms in total. The molecule has 22 heavy (non-hydrogen) atoms. The van der Waals surface area contributed by atoms with E-state index in [-0.39, 0.29) is 11.0 Å². The molecule has 0 saturated heterocycles. The molecule has 0 spiro atoms. The lowest BCUT2D eigenvalue weighted by Gasteiger charge is -2.27. The third-order valence-electron chi connectivity index (χ3n) is 3.90. The summed E-state index contributed by atoms with van der Waals surface area (Å²) in [5.41, 5.74) is 5.73. The number of halogens is 4. The SMILES string of the molecule is NC[C@@]1(c2ccccc2)Cc2c(ccc(C(F)(F)F)c2Br)O1. The molecule has 0 aromatic heterocycles. The molecule has 116 valence electrons. The van der Waals surface area contributed by atoms with Gasteiger partial charge in [0.05, 0.1) is 5.56 Å². The summed E-state index contributed by atoms with van der Waals surface area (Å²) in [5.74, 6) is 0.439. The smallest absolute Gasteiger partial charge is 0.417 e. The van der Waals surface area contributed by atoms with E-state index < -0.39 is 17.3 Å². The van der Waals surface area contributed by atoms with E-state index in [1.807, 2.05) is 30.3 Å². The summed E-state index contributed by atoms with van der Waals surface area (Å²) in [6, 6.07) is 11.7. The number of ether oxygens (including phenoxy) is 1. The molecule has 2 N–H and O–H groups in total. The summed E-state index contributed by atoms with van der Waals surface area (Å²) < 4.78 is 45.0. The molecule has 0 radical (unpaired) electrons. The lowest BCUT2D eigenvalue weighted by Crippen LogP contribution is -2.39. The van der Waals surface area contributed by atoms with Crippen LogP contribution in [0.25, 0.3) is 0 Å². The molecule has 0 aliphatic carbocycles. The normalized spacial score (nSPS) is 20.6. The number of nitrogens with two attached hydrogens (primary N) is 1. The second-order valence-corrected chi connectivity index (χ2v) is 6.04. The molecule has 6 heteroatoms. The minimum atomic E-state index is -4.41. The predicted molar refractivity (Wildman–Crippen MR) is 80.7 cm³/mol. The van der Waals surface area contributed by atoms with E-state index in [9.17, 15) is 13.2 Å². The van der Waals surface area contributed by atoms with E-state index in [0.29, 0.717) is 17.7 Å². The highest BCUT2D eigenvalue weighted by molar-refractivity contribution is 9.10. The molecule has 0 fully saturated rings. The molecule has 0 amide bonds. The van der Waals surface area contributed by atoms with Gasteiger partial charge in [-0.3, -0.25) is 0 Å². The first kappa shape index (κ1) is 15.4. The first-order chi connectivity index (χ1) is 10.4. The van der Waals surface area contributed by atoms with Crippen LogP contribution < -0.4 is 10.5 Å². The third kappa shape index (κ3) is 2.40. The molecule has 1 atom stereocenters. The van der Waals surface area contributed by atoms with Crippen molar-refractivity contribution >= 4 is 15.9 Å². The standard InChI is InChI=1S/C16H13BrF3NO/c17-14-11-8-15(9-21,10-4-2-1-3-5-10)22-13(11)7-6-12(14)16(18,19)20/h1-7H,8-9,21H2/t15-/m1/s1. The van der Waals surface area contributed by atoms with Crippen molar-refractivity contribution in [2.24, 2.45) is 5.73 Å². The van der Waals surface area contributed by atoms with Crippen LogP contribution in [0.3, 0.4) is 0 Å². The summed E-state index contributed by atoms with van der Waals surface area (Å²) in [4.78, 5) is 0. The summed E-state index contributed by atoms with van der Waals surface area (Å²) >= 11 is 3.08. The van der Waals surface area contributed by atoms with Crippen molar-refractivity contribution in [1.82, 2.24) is 0 Å². The van der Waals surface area contributed by atoms with Gasteiger partial charge in [-0.1, -0.05) is 30.3 Å².